The molecule has 1 N–H and O–H groups in total. The molecule has 11 heteroatoms. The van der Waals surface area contributed by atoms with Crippen molar-refractivity contribution >= 4 is 52.1 Å². The fourth-order valence-corrected chi connectivity index (χ4v) is 4.82. The quantitative estimate of drug-likeness (QED) is 0.406. The SMILES string of the molecule is CCSc1nnc(S[C@@H](C)C(=O)Nc2ccc([N+](=O)[O-])cc2OC)s1. The summed E-state index contributed by atoms with van der Waals surface area (Å²) in [5.41, 5.74) is 0.275. The molecule has 0 radical (unpaired) electrons. The number of aromatic nitrogens is 2. The number of rotatable bonds is 8. The van der Waals surface area contributed by atoms with Crippen LogP contribution < -0.4 is 10.1 Å². The fraction of sp³-hybridized carbons (Fsp3) is 0.357. The summed E-state index contributed by atoms with van der Waals surface area (Å²) in [5.74, 6) is 0.893. The van der Waals surface area contributed by atoms with E-state index in [1.165, 1.54) is 48.4 Å². The third-order valence-electron chi connectivity index (χ3n) is 2.96. The van der Waals surface area contributed by atoms with Crippen molar-refractivity contribution in [1.29, 1.82) is 0 Å². The summed E-state index contributed by atoms with van der Waals surface area (Å²) < 4.78 is 6.70. The van der Waals surface area contributed by atoms with Crippen LogP contribution >= 0.6 is 34.9 Å². The van der Waals surface area contributed by atoms with Crippen molar-refractivity contribution in [3.8, 4) is 5.75 Å². The molecule has 25 heavy (non-hydrogen) atoms. The normalized spacial score (nSPS) is 11.8. The van der Waals surface area contributed by atoms with Crippen molar-refractivity contribution < 1.29 is 14.5 Å². The van der Waals surface area contributed by atoms with Crippen LogP contribution in [-0.2, 0) is 4.79 Å². The third kappa shape index (κ3) is 5.31. The molecule has 0 bridgehead atoms. The highest BCUT2D eigenvalue weighted by Crippen LogP contribution is 2.33. The van der Waals surface area contributed by atoms with Crippen LogP contribution in [-0.4, -0.2) is 39.1 Å². The second kappa shape index (κ2) is 9.02. The van der Waals surface area contributed by atoms with Gasteiger partial charge in [-0.2, -0.15) is 0 Å². The number of ether oxygens (including phenoxy) is 1. The van der Waals surface area contributed by atoms with E-state index in [1.54, 1.807) is 18.7 Å². The van der Waals surface area contributed by atoms with Crippen molar-refractivity contribution in [3.63, 3.8) is 0 Å². The van der Waals surface area contributed by atoms with Crippen LogP contribution in [0.2, 0.25) is 0 Å². The van der Waals surface area contributed by atoms with Gasteiger partial charge in [0.15, 0.2) is 8.68 Å². The van der Waals surface area contributed by atoms with E-state index in [4.69, 9.17) is 4.74 Å². The molecule has 2 aromatic rings. The van der Waals surface area contributed by atoms with Gasteiger partial charge in [0.05, 0.1) is 29.0 Å². The number of non-ortho nitro benzene ring substituents is 1. The summed E-state index contributed by atoms with van der Waals surface area (Å²) in [7, 11) is 1.39. The second-order valence-electron chi connectivity index (χ2n) is 4.66. The maximum Gasteiger partial charge on any atom is 0.273 e. The minimum absolute atomic E-state index is 0.105. The number of hydrogen-bond acceptors (Lipinski definition) is 9. The summed E-state index contributed by atoms with van der Waals surface area (Å²) in [6.07, 6.45) is 0. The number of nitro groups is 1. The Bertz CT molecular complexity index is 768. The van der Waals surface area contributed by atoms with Crippen LogP contribution in [0.15, 0.2) is 26.9 Å². The number of nitrogens with zero attached hydrogens (tertiary/aromatic N) is 3. The Hall–Kier alpha value is -1.85. The number of nitrogens with one attached hydrogen (secondary N) is 1. The summed E-state index contributed by atoms with van der Waals surface area (Å²) >= 11 is 4.36. The zero-order valence-corrected chi connectivity index (χ0v) is 16.2. The first-order valence-electron chi connectivity index (χ1n) is 7.20. The maximum atomic E-state index is 12.4. The van der Waals surface area contributed by atoms with E-state index in [0.717, 1.165) is 10.1 Å². The number of hydrogen-bond donors (Lipinski definition) is 1. The third-order valence-corrected chi connectivity index (χ3v) is 6.08. The Morgan fingerprint density at radius 1 is 1.44 bits per heavy atom. The van der Waals surface area contributed by atoms with Crippen molar-refractivity contribution in [2.45, 2.75) is 27.8 Å². The highest BCUT2D eigenvalue weighted by atomic mass is 32.2. The Balaban J connectivity index is 2.03. The molecule has 1 aromatic carbocycles. The molecule has 0 unspecified atom stereocenters. The average molecular weight is 401 g/mol. The molecule has 0 aliphatic rings. The van der Waals surface area contributed by atoms with Gasteiger partial charge in [0, 0.05) is 6.07 Å². The van der Waals surface area contributed by atoms with Gasteiger partial charge in [-0.05, 0) is 18.7 Å². The molecule has 0 saturated carbocycles. The highest BCUT2D eigenvalue weighted by molar-refractivity contribution is 8.03. The predicted molar refractivity (Wildman–Crippen MR) is 99.9 cm³/mol. The van der Waals surface area contributed by atoms with Gasteiger partial charge in [0.2, 0.25) is 5.91 Å². The Labute approximate surface area is 156 Å². The van der Waals surface area contributed by atoms with Gasteiger partial charge in [0.1, 0.15) is 5.75 Å². The molecular formula is C14H16N4O4S3. The summed E-state index contributed by atoms with van der Waals surface area (Å²) in [5, 5.41) is 21.2. The summed E-state index contributed by atoms with van der Waals surface area (Å²) in [6.45, 7) is 3.79. The number of nitro benzene ring substituents is 1. The molecule has 1 atom stereocenters. The van der Waals surface area contributed by atoms with Gasteiger partial charge in [0.25, 0.3) is 5.69 Å². The van der Waals surface area contributed by atoms with Crippen molar-refractivity contribution in [2.75, 3.05) is 18.2 Å². The minimum atomic E-state index is -0.520. The van der Waals surface area contributed by atoms with Crippen LogP contribution in [0.1, 0.15) is 13.8 Å². The molecule has 1 heterocycles. The van der Waals surface area contributed by atoms with Crippen molar-refractivity contribution in [2.24, 2.45) is 0 Å². The molecule has 0 saturated heterocycles. The number of anilines is 1. The first kappa shape index (κ1) is 19.5. The van der Waals surface area contributed by atoms with E-state index < -0.39 is 10.2 Å². The van der Waals surface area contributed by atoms with Crippen LogP contribution in [0.3, 0.4) is 0 Å². The van der Waals surface area contributed by atoms with Crippen LogP contribution in [0.4, 0.5) is 11.4 Å². The number of thioether (sulfide) groups is 2. The van der Waals surface area contributed by atoms with Gasteiger partial charge in [-0.1, -0.05) is 41.8 Å². The Morgan fingerprint density at radius 3 is 2.80 bits per heavy atom. The van der Waals surface area contributed by atoms with Crippen LogP contribution in [0, 0.1) is 10.1 Å². The average Bonchev–Trinajstić information content (AvgIpc) is 3.02. The van der Waals surface area contributed by atoms with E-state index in [-0.39, 0.29) is 17.3 Å². The van der Waals surface area contributed by atoms with E-state index in [2.05, 4.69) is 15.5 Å². The molecule has 0 aliphatic carbocycles. The lowest BCUT2D eigenvalue weighted by Crippen LogP contribution is -2.22. The Morgan fingerprint density at radius 2 is 2.16 bits per heavy atom. The number of carbonyl (C=O) groups excluding carboxylic acids is 1. The van der Waals surface area contributed by atoms with E-state index in [9.17, 15) is 14.9 Å². The summed E-state index contributed by atoms with van der Waals surface area (Å²) in [4.78, 5) is 22.7. The van der Waals surface area contributed by atoms with Gasteiger partial charge in [-0.15, -0.1) is 10.2 Å². The maximum absolute atomic E-state index is 12.4. The lowest BCUT2D eigenvalue weighted by molar-refractivity contribution is -0.384. The van der Waals surface area contributed by atoms with E-state index in [1.807, 2.05) is 6.92 Å². The predicted octanol–water partition coefficient (Wildman–Crippen LogP) is 3.69. The van der Waals surface area contributed by atoms with E-state index >= 15 is 0 Å². The minimum Gasteiger partial charge on any atom is -0.494 e. The van der Waals surface area contributed by atoms with Gasteiger partial charge in [-0.3, -0.25) is 14.9 Å². The molecule has 134 valence electrons. The molecule has 0 aliphatic heterocycles. The number of benzene rings is 1. The zero-order chi connectivity index (χ0) is 18.4. The molecule has 2 rings (SSSR count). The lowest BCUT2D eigenvalue weighted by atomic mass is 10.2. The molecule has 1 amide bonds. The molecular weight excluding hydrogens is 384 g/mol. The van der Waals surface area contributed by atoms with Crippen molar-refractivity contribution in [3.05, 3.63) is 28.3 Å². The lowest BCUT2D eigenvalue weighted by Gasteiger charge is -2.13. The van der Waals surface area contributed by atoms with Gasteiger partial charge < -0.3 is 10.1 Å². The smallest absolute Gasteiger partial charge is 0.273 e. The highest BCUT2D eigenvalue weighted by Gasteiger charge is 2.20. The molecule has 1 aromatic heterocycles. The van der Waals surface area contributed by atoms with Gasteiger partial charge in [-0.25, -0.2) is 0 Å². The molecule has 0 fully saturated rings. The topological polar surface area (TPSA) is 107 Å². The Kier molecular flexibility index (Phi) is 7.02. The monoisotopic (exact) mass is 400 g/mol. The largest absolute Gasteiger partial charge is 0.494 e. The first-order chi connectivity index (χ1) is 11.9. The second-order valence-corrected chi connectivity index (χ2v) is 8.73. The standard InChI is InChI=1S/C14H16N4O4S3/c1-4-23-13-16-17-14(25-13)24-8(2)12(19)15-10-6-5-9(18(20)21)7-11(10)22-3/h5-8H,4H2,1-3H3,(H,15,19)/t8-/m0/s1. The van der Waals surface area contributed by atoms with E-state index in [0.29, 0.717) is 10.0 Å². The molecule has 8 nitrogen and oxygen atoms in total. The zero-order valence-electron chi connectivity index (χ0n) is 13.7. The summed E-state index contributed by atoms with van der Waals surface area (Å²) in [6, 6.07) is 4.04. The number of carbonyl (C=O) groups is 1. The number of methoxy groups -OCH3 is 1. The van der Waals surface area contributed by atoms with Crippen LogP contribution in [0.25, 0.3) is 0 Å². The van der Waals surface area contributed by atoms with Crippen molar-refractivity contribution in [1.82, 2.24) is 10.2 Å². The first-order valence-corrected chi connectivity index (χ1v) is 9.89. The number of amides is 1. The van der Waals surface area contributed by atoms with Crippen LogP contribution in [0.5, 0.6) is 5.75 Å². The molecule has 0 spiro atoms. The fourth-order valence-electron chi connectivity index (χ4n) is 1.76. The van der Waals surface area contributed by atoms with Gasteiger partial charge >= 0.3 is 0 Å².